The molecule has 0 aliphatic carbocycles. The van der Waals surface area contributed by atoms with Crippen LogP contribution in [0.2, 0.25) is 5.02 Å². The van der Waals surface area contributed by atoms with Gasteiger partial charge in [0.05, 0.1) is 0 Å². The van der Waals surface area contributed by atoms with Crippen LogP contribution in [0.5, 0.6) is 0 Å². The smallest absolute Gasteiger partial charge is 0.0840 e. The van der Waals surface area contributed by atoms with Gasteiger partial charge in [-0.3, -0.25) is 0 Å². The Morgan fingerprint density at radius 3 is 2.40 bits per heavy atom. The molecule has 0 amide bonds. The second-order valence-electron chi connectivity index (χ2n) is 1.89. The summed E-state index contributed by atoms with van der Waals surface area (Å²) in [4.78, 5) is 0. The topological polar surface area (TPSA) is 0 Å². The lowest BCUT2D eigenvalue weighted by Crippen LogP contribution is -1.72. The quantitative estimate of drug-likeness (QED) is 0.602. The van der Waals surface area contributed by atoms with Crippen LogP contribution in [-0.4, -0.2) is 23.1 Å². The highest BCUT2D eigenvalue weighted by molar-refractivity contribution is 9.10. The normalized spacial score (nSPS) is 8.70. The van der Waals surface area contributed by atoms with E-state index in [0.717, 1.165) is 15.1 Å². The van der Waals surface area contributed by atoms with E-state index in [1.165, 1.54) is 0 Å². The summed E-state index contributed by atoms with van der Waals surface area (Å²) in [5.41, 5.74) is 1.11. The molecule has 1 aromatic rings. The van der Waals surface area contributed by atoms with Gasteiger partial charge in [-0.15, -0.1) is 0 Å². The number of hydrogen-bond acceptors (Lipinski definition) is 0. The Bertz CT molecular complexity index is 225. The van der Waals surface area contributed by atoms with Crippen molar-refractivity contribution >= 4 is 50.6 Å². The van der Waals surface area contributed by atoms with Gasteiger partial charge in [-0.1, -0.05) is 33.6 Å². The highest BCUT2D eigenvalue weighted by atomic mass is 79.9. The van der Waals surface area contributed by atoms with Crippen LogP contribution in [0.3, 0.4) is 0 Å². The summed E-state index contributed by atoms with van der Waals surface area (Å²) < 4.78 is 1.03. The van der Waals surface area contributed by atoms with Crippen molar-refractivity contribution in [3.05, 3.63) is 33.3 Å². The first-order chi connectivity index (χ1) is 4.20. The number of hydrogen-bond donors (Lipinski definition) is 0. The predicted molar refractivity (Wildman–Crippen MR) is 52.4 cm³/mol. The van der Waals surface area contributed by atoms with Crippen LogP contribution < -0.4 is 0 Å². The van der Waals surface area contributed by atoms with Gasteiger partial charge in [-0.25, -0.2) is 0 Å². The molecule has 0 aliphatic rings. The SMILES string of the molecule is Cc1ccc(Br)cc1Cl.[MgH2]. The third kappa shape index (κ3) is 2.78. The van der Waals surface area contributed by atoms with E-state index in [1.54, 1.807) is 0 Å². The minimum atomic E-state index is 0. The summed E-state index contributed by atoms with van der Waals surface area (Å²) >= 11 is 9.10. The van der Waals surface area contributed by atoms with E-state index in [1.807, 2.05) is 25.1 Å². The van der Waals surface area contributed by atoms with Crippen molar-refractivity contribution in [1.29, 1.82) is 0 Å². The molecule has 0 aromatic heterocycles. The minimum Gasteiger partial charge on any atom is -0.0840 e. The van der Waals surface area contributed by atoms with Gasteiger partial charge in [0.25, 0.3) is 0 Å². The maximum atomic E-state index is 5.78. The number of benzene rings is 1. The summed E-state index contributed by atoms with van der Waals surface area (Å²) in [5.74, 6) is 0. The molecule has 0 N–H and O–H groups in total. The monoisotopic (exact) mass is 230 g/mol. The molecular weight excluding hydrogens is 224 g/mol. The van der Waals surface area contributed by atoms with Crippen LogP contribution in [0.25, 0.3) is 0 Å². The Morgan fingerprint density at radius 1 is 1.40 bits per heavy atom. The minimum absolute atomic E-state index is 0. The Hall–Kier alpha value is 0.756. The Kier molecular flexibility index (Phi) is 4.94. The molecule has 0 nitrogen and oxygen atoms in total. The van der Waals surface area contributed by atoms with Gasteiger partial charge < -0.3 is 0 Å². The van der Waals surface area contributed by atoms with Crippen LogP contribution >= 0.6 is 27.5 Å². The van der Waals surface area contributed by atoms with E-state index in [0.29, 0.717) is 0 Å². The molecule has 10 heavy (non-hydrogen) atoms. The van der Waals surface area contributed by atoms with E-state index in [-0.39, 0.29) is 23.1 Å². The number of rotatable bonds is 0. The Morgan fingerprint density at radius 2 is 2.00 bits per heavy atom. The molecule has 0 aliphatic heterocycles. The van der Waals surface area contributed by atoms with E-state index in [9.17, 15) is 0 Å². The van der Waals surface area contributed by atoms with Crippen LogP contribution in [0.15, 0.2) is 22.7 Å². The van der Waals surface area contributed by atoms with Crippen molar-refractivity contribution in [2.24, 2.45) is 0 Å². The van der Waals surface area contributed by atoms with Gasteiger partial charge in [0.1, 0.15) is 0 Å². The molecule has 0 fully saturated rings. The average molecular weight is 232 g/mol. The molecule has 0 saturated carbocycles. The molecule has 0 spiro atoms. The molecule has 0 unspecified atom stereocenters. The summed E-state index contributed by atoms with van der Waals surface area (Å²) in [6.07, 6.45) is 0. The fourth-order valence-corrected chi connectivity index (χ4v) is 1.24. The standard InChI is InChI=1S/C7H6BrCl.Mg.2H/c1-5-2-3-6(8)4-7(5)9;;;/h2-4H,1H3;;;. The van der Waals surface area contributed by atoms with Crippen molar-refractivity contribution in [2.45, 2.75) is 6.92 Å². The fraction of sp³-hybridized carbons (Fsp3) is 0.143. The van der Waals surface area contributed by atoms with Crippen molar-refractivity contribution in [2.75, 3.05) is 0 Å². The lowest BCUT2D eigenvalue weighted by molar-refractivity contribution is 1.46. The number of halogens is 2. The van der Waals surface area contributed by atoms with Crippen molar-refractivity contribution in [3.63, 3.8) is 0 Å². The first-order valence-corrected chi connectivity index (χ1v) is 3.79. The molecule has 0 heterocycles. The van der Waals surface area contributed by atoms with Gasteiger partial charge in [-0.2, -0.15) is 0 Å². The van der Waals surface area contributed by atoms with Crippen molar-refractivity contribution in [3.8, 4) is 0 Å². The molecule has 0 atom stereocenters. The predicted octanol–water partition coefficient (Wildman–Crippen LogP) is 2.49. The van der Waals surface area contributed by atoms with Crippen molar-refractivity contribution in [1.82, 2.24) is 0 Å². The summed E-state index contributed by atoms with van der Waals surface area (Å²) in [6, 6.07) is 5.84. The fourth-order valence-electron chi connectivity index (χ4n) is 0.567. The van der Waals surface area contributed by atoms with E-state index >= 15 is 0 Å². The molecular formula is C7H8BrClMg. The van der Waals surface area contributed by atoms with Gasteiger partial charge in [0, 0.05) is 9.50 Å². The molecule has 0 saturated heterocycles. The molecule has 52 valence electrons. The Labute approximate surface area is 90.2 Å². The van der Waals surface area contributed by atoms with Gasteiger partial charge >= 0.3 is 23.1 Å². The average Bonchev–Trinajstić information content (AvgIpc) is 1.80. The van der Waals surface area contributed by atoms with E-state index in [2.05, 4.69) is 15.9 Å². The molecule has 3 heteroatoms. The van der Waals surface area contributed by atoms with Crippen LogP contribution in [0, 0.1) is 6.92 Å². The lowest BCUT2D eigenvalue weighted by atomic mass is 10.2. The lowest BCUT2D eigenvalue weighted by Gasteiger charge is -1.95. The molecule has 0 radical (unpaired) electrons. The highest BCUT2D eigenvalue weighted by Crippen LogP contribution is 2.19. The van der Waals surface area contributed by atoms with Gasteiger partial charge in [0.15, 0.2) is 0 Å². The summed E-state index contributed by atoms with van der Waals surface area (Å²) in [5, 5.41) is 0.810. The second-order valence-corrected chi connectivity index (χ2v) is 3.22. The van der Waals surface area contributed by atoms with Crippen LogP contribution in [-0.2, 0) is 0 Å². The third-order valence-corrected chi connectivity index (χ3v) is 2.03. The van der Waals surface area contributed by atoms with Gasteiger partial charge in [-0.05, 0) is 24.6 Å². The first-order valence-electron chi connectivity index (χ1n) is 2.62. The van der Waals surface area contributed by atoms with Gasteiger partial charge in [0.2, 0.25) is 0 Å². The molecule has 1 rings (SSSR count). The first kappa shape index (κ1) is 10.8. The summed E-state index contributed by atoms with van der Waals surface area (Å²) in [7, 11) is 0. The zero-order valence-electron chi connectivity index (χ0n) is 4.99. The zero-order valence-corrected chi connectivity index (χ0v) is 7.33. The van der Waals surface area contributed by atoms with Crippen LogP contribution in [0.1, 0.15) is 5.56 Å². The van der Waals surface area contributed by atoms with E-state index in [4.69, 9.17) is 11.6 Å². The Balaban J connectivity index is 0.000000810. The van der Waals surface area contributed by atoms with Crippen LogP contribution in [0.4, 0.5) is 0 Å². The summed E-state index contributed by atoms with van der Waals surface area (Å²) in [6.45, 7) is 1.98. The third-order valence-electron chi connectivity index (χ3n) is 1.13. The molecule has 1 aromatic carbocycles. The van der Waals surface area contributed by atoms with Crippen molar-refractivity contribution < 1.29 is 0 Å². The number of aryl methyl sites for hydroxylation is 1. The molecule has 0 bridgehead atoms. The largest absolute Gasteiger partial charge is 0.316 e. The zero-order chi connectivity index (χ0) is 6.85. The maximum Gasteiger partial charge on any atom is 0.316 e. The highest BCUT2D eigenvalue weighted by Gasteiger charge is 1.92. The maximum absolute atomic E-state index is 5.78. The van der Waals surface area contributed by atoms with E-state index < -0.39 is 0 Å². The second kappa shape index (κ2) is 4.60.